The van der Waals surface area contributed by atoms with Gasteiger partial charge in [-0.1, -0.05) is 60.0 Å². The van der Waals surface area contributed by atoms with Crippen LogP contribution in [0, 0.1) is 17.8 Å². The van der Waals surface area contributed by atoms with E-state index in [0.29, 0.717) is 11.8 Å². The van der Waals surface area contributed by atoms with Crippen LogP contribution < -0.4 is 0 Å². The number of unbranched alkanes of at least 4 members (excludes halogenated alkanes) is 1. The standard InChI is InChI=1S/C14H27F/c1-6-7-8-12(4)13(5)14(15)10-9-11(2)3/h10-13H,6-9H2,1-5H3/b14-10+/t12-,13-/m1/s1. The van der Waals surface area contributed by atoms with Gasteiger partial charge in [0, 0.05) is 5.92 Å². The van der Waals surface area contributed by atoms with Gasteiger partial charge in [0.25, 0.3) is 0 Å². The maximum atomic E-state index is 13.7. The molecule has 1 heteroatoms. The summed E-state index contributed by atoms with van der Waals surface area (Å²) in [5.74, 6) is 1.20. The minimum Gasteiger partial charge on any atom is -0.212 e. The summed E-state index contributed by atoms with van der Waals surface area (Å²) in [5.41, 5.74) is 0. The van der Waals surface area contributed by atoms with Gasteiger partial charge in [-0.05, 0) is 18.3 Å². The minimum atomic E-state index is 0.0901. The Labute approximate surface area is 95.0 Å². The first-order valence-corrected chi connectivity index (χ1v) is 6.34. The molecule has 0 nitrogen and oxygen atoms in total. The van der Waals surface area contributed by atoms with Crippen molar-refractivity contribution in [3.8, 4) is 0 Å². The highest BCUT2D eigenvalue weighted by atomic mass is 19.1. The topological polar surface area (TPSA) is 0 Å². The highest BCUT2D eigenvalue weighted by molar-refractivity contribution is 4.98. The fraction of sp³-hybridized carbons (Fsp3) is 0.857. The molecule has 0 aliphatic carbocycles. The van der Waals surface area contributed by atoms with E-state index in [9.17, 15) is 4.39 Å². The Hall–Kier alpha value is -0.330. The van der Waals surface area contributed by atoms with Gasteiger partial charge in [-0.3, -0.25) is 0 Å². The highest BCUT2D eigenvalue weighted by Crippen LogP contribution is 2.26. The van der Waals surface area contributed by atoms with Gasteiger partial charge in [0.05, 0.1) is 5.83 Å². The zero-order valence-corrected chi connectivity index (χ0v) is 11.0. The lowest BCUT2D eigenvalue weighted by Crippen LogP contribution is -2.08. The van der Waals surface area contributed by atoms with Crippen molar-refractivity contribution in [2.75, 3.05) is 0 Å². The Morgan fingerprint density at radius 2 is 1.80 bits per heavy atom. The molecule has 90 valence electrons. The molecular formula is C14H27F. The van der Waals surface area contributed by atoms with Crippen LogP contribution in [-0.2, 0) is 0 Å². The Balaban J connectivity index is 4.05. The van der Waals surface area contributed by atoms with E-state index >= 15 is 0 Å². The molecule has 0 bridgehead atoms. The molecule has 15 heavy (non-hydrogen) atoms. The van der Waals surface area contributed by atoms with Crippen molar-refractivity contribution in [3.63, 3.8) is 0 Å². The Kier molecular flexibility index (Phi) is 7.72. The largest absolute Gasteiger partial charge is 0.212 e. The summed E-state index contributed by atoms with van der Waals surface area (Å²) in [5, 5.41) is 0. The minimum absolute atomic E-state index is 0.0901. The van der Waals surface area contributed by atoms with Crippen LogP contribution in [0.2, 0.25) is 0 Å². The molecule has 0 aromatic heterocycles. The van der Waals surface area contributed by atoms with Crippen LogP contribution >= 0.6 is 0 Å². The van der Waals surface area contributed by atoms with E-state index in [1.54, 1.807) is 6.08 Å². The number of halogens is 1. The maximum absolute atomic E-state index is 13.7. The van der Waals surface area contributed by atoms with E-state index in [-0.39, 0.29) is 11.7 Å². The molecule has 2 atom stereocenters. The molecule has 0 aliphatic heterocycles. The SMILES string of the molecule is CCCC[C@@H](C)[C@@H](C)/C(F)=C\CC(C)C. The zero-order chi connectivity index (χ0) is 11.8. The van der Waals surface area contributed by atoms with Gasteiger partial charge in [-0.25, -0.2) is 4.39 Å². The van der Waals surface area contributed by atoms with Gasteiger partial charge in [0.2, 0.25) is 0 Å². The summed E-state index contributed by atoms with van der Waals surface area (Å²) in [6.45, 7) is 10.6. The normalized spacial score (nSPS) is 16.9. The van der Waals surface area contributed by atoms with E-state index < -0.39 is 0 Å². The van der Waals surface area contributed by atoms with Crippen molar-refractivity contribution >= 4 is 0 Å². The third-order valence-electron chi connectivity index (χ3n) is 3.09. The summed E-state index contributed by atoms with van der Waals surface area (Å²) in [7, 11) is 0. The molecule has 0 fully saturated rings. The second-order valence-corrected chi connectivity index (χ2v) is 5.13. The Morgan fingerprint density at radius 3 is 2.27 bits per heavy atom. The second kappa shape index (κ2) is 7.90. The predicted octanol–water partition coefficient (Wildman–Crippen LogP) is 5.35. The summed E-state index contributed by atoms with van der Waals surface area (Å²) in [4.78, 5) is 0. The smallest absolute Gasteiger partial charge is 0.0990 e. The van der Waals surface area contributed by atoms with E-state index in [0.717, 1.165) is 12.8 Å². The van der Waals surface area contributed by atoms with Crippen molar-refractivity contribution in [1.29, 1.82) is 0 Å². The predicted molar refractivity (Wildman–Crippen MR) is 66.5 cm³/mol. The number of allylic oxidation sites excluding steroid dienone is 2. The van der Waals surface area contributed by atoms with E-state index in [1.165, 1.54) is 12.8 Å². The number of hydrogen-bond acceptors (Lipinski definition) is 0. The molecule has 0 rings (SSSR count). The van der Waals surface area contributed by atoms with Crippen LogP contribution in [0.1, 0.15) is 60.3 Å². The van der Waals surface area contributed by atoms with E-state index in [2.05, 4.69) is 27.7 Å². The molecule has 0 unspecified atom stereocenters. The van der Waals surface area contributed by atoms with Crippen molar-refractivity contribution < 1.29 is 4.39 Å². The molecule has 0 amide bonds. The van der Waals surface area contributed by atoms with E-state index in [4.69, 9.17) is 0 Å². The van der Waals surface area contributed by atoms with Crippen molar-refractivity contribution in [2.24, 2.45) is 17.8 Å². The van der Waals surface area contributed by atoms with Crippen molar-refractivity contribution in [1.82, 2.24) is 0 Å². The summed E-state index contributed by atoms with van der Waals surface area (Å²) < 4.78 is 13.7. The molecule has 0 saturated heterocycles. The van der Waals surface area contributed by atoms with Crippen LogP contribution in [0.25, 0.3) is 0 Å². The fourth-order valence-electron chi connectivity index (χ4n) is 1.58. The van der Waals surface area contributed by atoms with Gasteiger partial charge in [-0.15, -0.1) is 0 Å². The first kappa shape index (κ1) is 14.7. The van der Waals surface area contributed by atoms with Crippen LogP contribution in [0.5, 0.6) is 0 Å². The van der Waals surface area contributed by atoms with Gasteiger partial charge < -0.3 is 0 Å². The van der Waals surface area contributed by atoms with Crippen LogP contribution in [0.4, 0.5) is 4.39 Å². The van der Waals surface area contributed by atoms with Gasteiger partial charge in [0.1, 0.15) is 0 Å². The van der Waals surface area contributed by atoms with Gasteiger partial charge in [-0.2, -0.15) is 0 Å². The van der Waals surface area contributed by atoms with Crippen LogP contribution in [0.3, 0.4) is 0 Å². The Morgan fingerprint density at radius 1 is 1.20 bits per heavy atom. The summed E-state index contributed by atoms with van der Waals surface area (Å²) >= 11 is 0. The summed E-state index contributed by atoms with van der Waals surface area (Å²) in [6.07, 6.45) is 6.19. The monoisotopic (exact) mass is 214 g/mol. The molecule has 0 heterocycles. The van der Waals surface area contributed by atoms with Crippen molar-refractivity contribution in [2.45, 2.75) is 60.3 Å². The van der Waals surface area contributed by atoms with Crippen LogP contribution in [-0.4, -0.2) is 0 Å². The van der Waals surface area contributed by atoms with Gasteiger partial charge in [0.15, 0.2) is 0 Å². The van der Waals surface area contributed by atoms with Gasteiger partial charge >= 0.3 is 0 Å². The third kappa shape index (κ3) is 6.70. The zero-order valence-electron chi connectivity index (χ0n) is 11.0. The van der Waals surface area contributed by atoms with Crippen molar-refractivity contribution in [3.05, 3.63) is 11.9 Å². The lowest BCUT2D eigenvalue weighted by Gasteiger charge is -2.18. The number of rotatable bonds is 7. The molecule has 0 N–H and O–H groups in total. The average molecular weight is 214 g/mol. The fourth-order valence-corrected chi connectivity index (χ4v) is 1.58. The quantitative estimate of drug-likeness (QED) is 0.536. The molecule has 0 spiro atoms. The first-order chi connectivity index (χ1) is 6.99. The Bertz CT molecular complexity index is 182. The molecule has 0 aromatic carbocycles. The lowest BCUT2D eigenvalue weighted by atomic mass is 9.89. The molecule has 0 saturated carbocycles. The lowest BCUT2D eigenvalue weighted by molar-refractivity contribution is 0.342. The second-order valence-electron chi connectivity index (χ2n) is 5.13. The third-order valence-corrected chi connectivity index (χ3v) is 3.09. The highest BCUT2D eigenvalue weighted by Gasteiger charge is 2.16. The van der Waals surface area contributed by atoms with E-state index in [1.807, 2.05) is 6.92 Å². The summed E-state index contributed by atoms with van der Waals surface area (Å²) in [6, 6.07) is 0. The molecular weight excluding hydrogens is 187 g/mol. The first-order valence-electron chi connectivity index (χ1n) is 6.34. The average Bonchev–Trinajstić information content (AvgIpc) is 2.21. The number of hydrogen-bond donors (Lipinski definition) is 0. The van der Waals surface area contributed by atoms with Crippen LogP contribution in [0.15, 0.2) is 11.9 Å². The maximum Gasteiger partial charge on any atom is 0.0990 e. The molecule has 0 aromatic rings. The molecule has 0 aliphatic rings. The molecule has 0 radical (unpaired) electrons.